The fraction of sp³-hybridized carbons (Fsp3) is 0.545. The average Bonchev–Trinajstić information content (AvgIpc) is 2.78. The van der Waals surface area contributed by atoms with E-state index in [4.69, 9.17) is 4.42 Å². The summed E-state index contributed by atoms with van der Waals surface area (Å²) in [5.74, 6) is 1.11. The monoisotopic (exact) mass is 223 g/mol. The Labute approximate surface area is 95.0 Å². The minimum Gasteiger partial charge on any atom is -0.435 e. The number of anilines is 1. The fourth-order valence-corrected chi connectivity index (χ4v) is 1.71. The number of carbonyl (C=O) groups excluding carboxylic acids is 1. The van der Waals surface area contributed by atoms with Crippen LogP contribution >= 0.6 is 0 Å². The molecule has 0 atom stereocenters. The van der Waals surface area contributed by atoms with Gasteiger partial charge in [-0.25, -0.2) is 0 Å². The first-order valence-electron chi connectivity index (χ1n) is 5.45. The molecule has 0 bridgehead atoms. The highest BCUT2D eigenvalue weighted by atomic mass is 16.4. The highest BCUT2D eigenvalue weighted by Crippen LogP contribution is 2.17. The first-order valence-corrected chi connectivity index (χ1v) is 5.45. The summed E-state index contributed by atoms with van der Waals surface area (Å²) < 4.78 is 5.47. The Morgan fingerprint density at radius 1 is 1.38 bits per heavy atom. The molecule has 0 spiro atoms. The highest BCUT2D eigenvalue weighted by Gasteiger charge is 2.21. The van der Waals surface area contributed by atoms with Gasteiger partial charge in [-0.1, -0.05) is 0 Å². The van der Waals surface area contributed by atoms with Crippen LogP contribution in [0.5, 0.6) is 0 Å². The number of furan rings is 1. The highest BCUT2D eigenvalue weighted by molar-refractivity contribution is 5.92. The molecule has 2 rings (SSSR count). The molecule has 1 aliphatic rings. The van der Waals surface area contributed by atoms with Crippen molar-refractivity contribution in [1.82, 2.24) is 10.2 Å². The van der Waals surface area contributed by atoms with Gasteiger partial charge >= 0.3 is 0 Å². The second kappa shape index (κ2) is 4.57. The summed E-state index contributed by atoms with van der Waals surface area (Å²) in [5, 5.41) is 3.21. The van der Waals surface area contributed by atoms with E-state index in [2.05, 4.69) is 5.32 Å². The van der Waals surface area contributed by atoms with Crippen LogP contribution in [0.3, 0.4) is 0 Å². The van der Waals surface area contributed by atoms with Crippen molar-refractivity contribution in [2.24, 2.45) is 0 Å². The van der Waals surface area contributed by atoms with Crippen LogP contribution < -0.4 is 10.2 Å². The Morgan fingerprint density at radius 2 is 2.06 bits per heavy atom. The van der Waals surface area contributed by atoms with Gasteiger partial charge in [0.1, 0.15) is 0 Å². The molecule has 1 N–H and O–H groups in total. The Balaban J connectivity index is 2.07. The van der Waals surface area contributed by atoms with Gasteiger partial charge in [-0.2, -0.15) is 0 Å². The average molecular weight is 223 g/mol. The van der Waals surface area contributed by atoms with Gasteiger partial charge in [0.15, 0.2) is 11.6 Å². The molecule has 0 aromatic carbocycles. The number of nitrogens with one attached hydrogen (secondary N) is 1. The predicted molar refractivity (Wildman–Crippen MR) is 61.8 cm³/mol. The number of hydrogen-bond acceptors (Lipinski definition) is 4. The van der Waals surface area contributed by atoms with Crippen molar-refractivity contribution >= 4 is 11.8 Å². The second-order valence-corrected chi connectivity index (χ2v) is 4.07. The van der Waals surface area contributed by atoms with Crippen LogP contribution in [-0.2, 0) is 0 Å². The van der Waals surface area contributed by atoms with E-state index in [1.54, 1.807) is 6.07 Å². The topological polar surface area (TPSA) is 48.7 Å². The van der Waals surface area contributed by atoms with Gasteiger partial charge in [0, 0.05) is 46.3 Å². The van der Waals surface area contributed by atoms with Crippen molar-refractivity contribution in [3.63, 3.8) is 0 Å². The molecule has 1 saturated heterocycles. The van der Waals surface area contributed by atoms with E-state index in [1.807, 2.05) is 30.0 Å². The number of piperazine rings is 1. The minimum atomic E-state index is -0.0189. The number of carbonyl (C=O) groups is 1. The van der Waals surface area contributed by atoms with Crippen LogP contribution in [-0.4, -0.2) is 51.1 Å². The van der Waals surface area contributed by atoms with E-state index in [0.717, 1.165) is 26.2 Å². The summed E-state index contributed by atoms with van der Waals surface area (Å²) in [5.41, 5.74) is 0. The molecular weight excluding hydrogens is 206 g/mol. The standard InChI is InChI=1S/C11H17N3O2/c1-13(2)10-4-3-9(16-10)11(15)14-7-5-12-6-8-14/h3-4,12H,5-8H2,1-2H3. The number of rotatable bonds is 2. The lowest BCUT2D eigenvalue weighted by Gasteiger charge is -2.26. The molecule has 1 amide bonds. The third-order valence-electron chi connectivity index (χ3n) is 2.65. The minimum absolute atomic E-state index is 0.0189. The Morgan fingerprint density at radius 3 is 2.62 bits per heavy atom. The zero-order valence-corrected chi connectivity index (χ0v) is 9.69. The van der Waals surface area contributed by atoms with E-state index in [-0.39, 0.29) is 5.91 Å². The van der Waals surface area contributed by atoms with Gasteiger partial charge in [-0.15, -0.1) is 0 Å². The normalized spacial score (nSPS) is 16.2. The third-order valence-corrected chi connectivity index (χ3v) is 2.65. The zero-order valence-electron chi connectivity index (χ0n) is 9.69. The summed E-state index contributed by atoms with van der Waals surface area (Å²) in [6, 6.07) is 3.55. The molecule has 16 heavy (non-hydrogen) atoms. The molecule has 0 radical (unpaired) electrons. The number of amides is 1. The molecule has 0 aliphatic carbocycles. The van der Waals surface area contributed by atoms with Gasteiger partial charge in [0.05, 0.1) is 0 Å². The second-order valence-electron chi connectivity index (χ2n) is 4.07. The molecule has 2 heterocycles. The van der Waals surface area contributed by atoms with Crippen LogP contribution in [0.15, 0.2) is 16.5 Å². The van der Waals surface area contributed by atoms with E-state index in [9.17, 15) is 4.79 Å². The maximum absolute atomic E-state index is 12.0. The lowest BCUT2D eigenvalue weighted by Crippen LogP contribution is -2.46. The van der Waals surface area contributed by atoms with Gasteiger partial charge in [-0.3, -0.25) is 4.79 Å². The van der Waals surface area contributed by atoms with Gasteiger partial charge in [-0.05, 0) is 6.07 Å². The quantitative estimate of drug-likeness (QED) is 0.788. The Bertz CT molecular complexity index is 367. The van der Waals surface area contributed by atoms with Crippen LogP contribution in [0.4, 0.5) is 5.88 Å². The van der Waals surface area contributed by atoms with Gasteiger partial charge < -0.3 is 19.5 Å². The predicted octanol–water partition coefficient (Wildman–Crippen LogP) is 0.391. The van der Waals surface area contributed by atoms with Crippen LogP contribution in [0, 0.1) is 0 Å². The molecule has 0 unspecified atom stereocenters. The van der Waals surface area contributed by atoms with Crippen molar-refractivity contribution in [2.45, 2.75) is 0 Å². The van der Waals surface area contributed by atoms with E-state index >= 15 is 0 Å². The van der Waals surface area contributed by atoms with Gasteiger partial charge in [0.25, 0.3) is 5.91 Å². The van der Waals surface area contributed by atoms with Gasteiger partial charge in [0.2, 0.25) is 0 Å². The molecule has 0 saturated carbocycles. The first-order chi connectivity index (χ1) is 7.68. The van der Waals surface area contributed by atoms with E-state index in [0.29, 0.717) is 11.6 Å². The van der Waals surface area contributed by atoms with E-state index < -0.39 is 0 Å². The summed E-state index contributed by atoms with van der Waals surface area (Å²) >= 11 is 0. The number of hydrogen-bond donors (Lipinski definition) is 1. The summed E-state index contributed by atoms with van der Waals surface area (Å²) in [4.78, 5) is 15.7. The third kappa shape index (κ3) is 2.19. The molecular formula is C11H17N3O2. The zero-order chi connectivity index (χ0) is 11.5. The molecule has 1 aromatic heterocycles. The summed E-state index contributed by atoms with van der Waals surface area (Å²) in [7, 11) is 3.77. The first kappa shape index (κ1) is 11.0. The molecule has 88 valence electrons. The summed E-state index contributed by atoms with van der Waals surface area (Å²) in [6.07, 6.45) is 0. The van der Waals surface area contributed by atoms with Crippen LogP contribution in [0.2, 0.25) is 0 Å². The van der Waals surface area contributed by atoms with Crippen LogP contribution in [0.25, 0.3) is 0 Å². The SMILES string of the molecule is CN(C)c1ccc(C(=O)N2CCNCC2)o1. The molecule has 1 fully saturated rings. The number of nitrogens with zero attached hydrogens (tertiary/aromatic N) is 2. The fourth-order valence-electron chi connectivity index (χ4n) is 1.71. The Kier molecular flexibility index (Phi) is 3.14. The van der Waals surface area contributed by atoms with Crippen molar-refractivity contribution in [2.75, 3.05) is 45.2 Å². The van der Waals surface area contributed by atoms with Crippen molar-refractivity contribution in [3.8, 4) is 0 Å². The largest absolute Gasteiger partial charge is 0.435 e. The maximum Gasteiger partial charge on any atom is 0.289 e. The van der Waals surface area contributed by atoms with Crippen molar-refractivity contribution in [1.29, 1.82) is 0 Å². The molecule has 1 aliphatic heterocycles. The smallest absolute Gasteiger partial charge is 0.289 e. The van der Waals surface area contributed by atoms with E-state index in [1.165, 1.54) is 0 Å². The molecule has 5 heteroatoms. The maximum atomic E-state index is 12.0. The Hall–Kier alpha value is -1.49. The van der Waals surface area contributed by atoms with Crippen molar-refractivity contribution < 1.29 is 9.21 Å². The molecule has 5 nitrogen and oxygen atoms in total. The summed E-state index contributed by atoms with van der Waals surface area (Å²) in [6.45, 7) is 3.20. The van der Waals surface area contributed by atoms with Crippen molar-refractivity contribution in [3.05, 3.63) is 17.9 Å². The lowest BCUT2D eigenvalue weighted by molar-refractivity contribution is 0.0704. The van der Waals surface area contributed by atoms with Crippen LogP contribution in [0.1, 0.15) is 10.6 Å². The molecule has 1 aromatic rings. The lowest BCUT2D eigenvalue weighted by atomic mass is 10.3.